The van der Waals surface area contributed by atoms with Crippen molar-refractivity contribution in [1.82, 2.24) is 20.1 Å². The number of nitrogens with one attached hydrogen (secondary N) is 2. The first-order chi connectivity index (χ1) is 16.2. The predicted octanol–water partition coefficient (Wildman–Crippen LogP) is 3.99. The normalized spacial score (nSPS) is 11.2. The Labute approximate surface area is 197 Å². The van der Waals surface area contributed by atoms with Gasteiger partial charge in [-0.25, -0.2) is 0 Å². The Balaban J connectivity index is 1.59. The van der Waals surface area contributed by atoms with Crippen molar-refractivity contribution in [2.24, 2.45) is 0 Å². The zero-order chi connectivity index (χ0) is 24.7. The second-order valence-corrected chi connectivity index (χ2v) is 7.88. The molecule has 180 valence electrons. The third-order valence-electron chi connectivity index (χ3n) is 4.71. The van der Waals surface area contributed by atoms with Gasteiger partial charge in [0.2, 0.25) is 5.91 Å². The van der Waals surface area contributed by atoms with Gasteiger partial charge in [0.05, 0.1) is 30.7 Å². The van der Waals surface area contributed by atoms with E-state index in [0.29, 0.717) is 28.8 Å². The van der Waals surface area contributed by atoms with E-state index in [4.69, 9.17) is 4.74 Å². The average molecular weight is 494 g/mol. The number of methoxy groups -OCH3 is 1. The number of ether oxygens (including phenoxy) is 1. The van der Waals surface area contributed by atoms with Crippen LogP contribution in [-0.2, 0) is 24.1 Å². The van der Waals surface area contributed by atoms with Crippen LogP contribution in [-0.4, -0.2) is 39.4 Å². The van der Waals surface area contributed by atoms with Crippen molar-refractivity contribution >= 4 is 29.3 Å². The fourth-order valence-electron chi connectivity index (χ4n) is 3.03. The van der Waals surface area contributed by atoms with Gasteiger partial charge in [0.25, 0.3) is 5.91 Å². The van der Waals surface area contributed by atoms with E-state index in [9.17, 15) is 22.8 Å². The number of carbonyl (C=O) groups is 2. The van der Waals surface area contributed by atoms with Crippen LogP contribution in [0.1, 0.15) is 28.7 Å². The molecule has 8 nitrogen and oxygen atoms in total. The molecule has 0 spiro atoms. The molecule has 0 bridgehead atoms. The summed E-state index contributed by atoms with van der Waals surface area (Å²) in [6.07, 6.45) is -4.58. The van der Waals surface area contributed by atoms with E-state index in [-0.39, 0.29) is 23.9 Å². The number of hydrogen-bond donors (Lipinski definition) is 2. The number of benzene rings is 2. The second-order valence-electron chi connectivity index (χ2n) is 6.93. The molecule has 0 aliphatic rings. The van der Waals surface area contributed by atoms with E-state index in [0.717, 1.165) is 17.8 Å². The zero-order valence-electron chi connectivity index (χ0n) is 18.3. The predicted molar refractivity (Wildman–Crippen MR) is 121 cm³/mol. The highest BCUT2D eigenvalue weighted by atomic mass is 32.2. The Morgan fingerprint density at radius 1 is 1.09 bits per heavy atom. The van der Waals surface area contributed by atoms with Crippen molar-refractivity contribution in [3.63, 3.8) is 0 Å². The topological polar surface area (TPSA) is 98.1 Å². The van der Waals surface area contributed by atoms with Crippen LogP contribution in [0.15, 0.2) is 53.7 Å². The number of aromatic nitrogens is 3. The summed E-state index contributed by atoms with van der Waals surface area (Å²) in [6, 6.07) is 11.4. The Bertz CT molecular complexity index is 1150. The number of para-hydroxylation sites is 1. The van der Waals surface area contributed by atoms with E-state index in [1.807, 2.05) is 6.92 Å². The summed E-state index contributed by atoms with van der Waals surface area (Å²) in [7, 11) is 1.54. The van der Waals surface area contributed by atoms with E-state index in [2.05, 4.69) is 20.8 Å². The molecule has 12 heteroatoms. The van der Waals surface area contributed by atoms with Gasteiger partial charge in [-0.1, -0.05) is 23.9 Å². The van der Waals surface area contributed by atoms with Crippen LogP contribution in [0.4, 0.5) is 18.9 Å². The first kappa shape index (κ1) is 25.1. The molecular weight excluding hydrogens is 471 g/mol. The second kappa shape index (κ2) is 11.1. The van der Waals surface area contributed by atoms with Crippen LogP contribution < -0.4 is 15.4 Å². The monoisotopic (exact) mass is 493 g/mol. The first-order valence-electron chi connectivity index (χ1n) is 10.2. The summed E-state index contributed by atoms with van der Waals surface area (Å²) in [5.41, 5.74) is -0.770. The highest BCUT2D eigenvalue weighted by molar-refractivity contribution is 7.99. The molecule has 34 heavy (non-hydrogen) atoms. The molecule has 0 fully saturated rings. The lowest BCUT2D eigenvalue weighted by molar-refractivity contribution is -0.137. The van der Waals surface area contributed by atoms with Gasteiger partial charge in [-0.2, -0.15) is 13.2 Å². The van der Waals surface area contributed by atoms with Crippen molar-refractivity contribution < 1.29 is 27.5 Å². The lowest BCUT2D eigenvalue weighted by Gasteiger charge is -2.13. The van der Waals surface area contributed by atoms with Crippen molar-refractivity contribution in [2.45, 2.75) is 31.3 Å². The smallest absolute Gasteiger partial charge is 0.418 e. The van der Waals surface area contributed by atoms with E-state index in [1.54, 1.807) is 28.8 Å². The summed E-state index contributed by atoms with van der Waals surface area (Å²) >= 11 is 1.04. The molecule has 0 aliphatic heterocycles. The summed E-state index contributed by atoms with van der Waals surface area (Å²) < 4.78 is 46.1. The van der Waals surface area contributed by atoms with Crippen LogP contribution in [0.3, 0.4) is 0 Å². The zero-order valence-corrected chi connectivity index (χ0v) is 19.2. The van der Waals surface area contributed by atoms with Crippen LogP contribution in [0.25, 0.3) is 0 Å². The minimum Gasteiger partial charge on any atom is -0.497 e. The number of rotatable bonds is 9. The molecule has 0 unspecified atom stereocenters. The molecular formula is C22H22F3N5O3S. The number of amides is 2. The van der Waals surface area contributed by atoms with E-state index < -0.39 is 17.6 Å². The lowest BCUT2D eigenvalue weighted by atomic mass is 10.1. The van der Waals surface area contributed by atoms with Gasteiger partial charge in [0.15, 0.2) is 11.0 Å². The van der Waals surface area contributed by atoms with Crippen LogP contribution in [0, 0.1) is 0 Å². The van der Waals surface area contributed by atoms with Crippen molar-refractivity contribution in [1.29, 1.82) is 0 Å². The Morgan fingerprint density at radius 3 is 2.44 bits per heavy atom. The molecule has 1 aromatic heterocycles. The number of anilines is 1. The van der Waals surface area contributed by atoms with Gasteiger partial charge in [-0.15, -0.1) is 10.2 Å². The van der Waals surface area contributed by atoms with Crippen molar-refractivity contribution in [2.75, 3.05) is 18.2 Å². The fraction of sp³-hybridized carbons (Fsp3) is 0.273. The van der Waals surface area contributed by atoms with Crippen LogP contribution >= 0.6 is 11.8 Å². The van der Waals surface area contributed by atoms with Crippen LogP contribution in [0.5, 0.6) is 5.75 Å². The SMILES string of the molecule is CCn1c(CNC(=O)c2ccc(OC)cc2)nnc1SCC(=O)Nc1ccccc1C(F)(F)F. The Hall–Kier alpha value is -3.54. The molecule has 0 saturated heterocycles. The highest BCUT2D eigenvalue weighted by Gasteiger charge is 2.33. The van der Waals surface area contributed by atoms with Gasteiger partial charge >= 0.3 is 6.18 Å². The fourth-order valence-corrected chi connectivity index (χ4v) is 3.85. The third-order valence-corrected chi connectivity index (χ3v) is 5.67. The largest absolute Gasteiger partial charge is 0.497 e. The van der Waals surface area contributed by atoms with Gasteiger partial charge in [-0.3, -0.25) is 9.59 Å². The number of carbonyl (C=O) groups excluding carboxylic acids is 2. The summed E-state index contributed by atoms with van der Waals surface area (Å²) in [5.74, 6) is 0.0409. The molecule has 0 atom stereocenters. The standard InChI is InChI=1S/C22H22F3N5O3S/c1-3-30-18(12-26-20(32)14-8-10-15(33-2)11-9-14)28-29-21(30)34-13-19(31)27-17-7-5-4-6-16(17)22(23,24)25/h4-11H,3,12-13H2,1-2H3,(H,26,32)(H,27,31). The van der Waals surface area contributed by atoms with Gasteiger partial charge in [0.1, 0.15) is 5.75 Å². The maximum atomic E-state index is 13.1. The van der Waals surface area contributed by atoms with Crippen molar-refractivity contribution in [3.8, 4) is 5.75 Å². The van der Waals surface area contributed by atoms with Gasteiger partial charge < -0.3 is 19.9 Å². The number of alkyl halides is 3. The maximum Gasteiger partial charge on any atom is 0.418 e. The summed E-state index contributed by atoms with van der Waals surface area (Å²) in [5, 5.41) is 13.6. The average Bonchev–Trinajstić information content (AvgIpc) is 3.22. The molecule has 3 aromatic rings. The molecule has 3 rings (SSSR count). The van der Waals surface area contributed by atoms with Crippen molar-refractivity contribution in [3.05, 3.63) is 65.5 Å². The minimum atomic E-state index is -4.58. The van der Waals surface area contributed by atoms with E-state index in [1.165, 1.54) is 25.3 Å². The quantitative estimate of drug-likeness (QED) is 0.438. The molecule has 2 aromatic carbocycles. The Morgan fingerprint density at radius 2 is 1.79 bits per heavy atom. The Kier molecular flexibility index (Phi) is 8.16. The highest BCUT2D eigenvalue weighted by Crippen LogP contribution is 2.34. The molecule has 0 saturated carbocycles. The molecule has 2 N–H and O–H groups in total. The number of nitrogens with zero attached hydrogens (tertiary/aromatic N) is 3. The number of thioether (sulfide) groups is 1. The first-order valence-corrected chi connectivity index (χ1v) is 11.1. The summed E-state index contributed by atoms with van der Waals surface area (Å²) in [6.45, 7) is 2.43. The third kappa shape index (κ3) is 6.28. The maximum absolute atomic E-state index is 13.1. The van der Waals surface area contributed by atoms with Gasteiger partial charge in [-0.05, 0) is 43.3 Å². The number of halogens is 3. The molecule has 0 aliphatic carbocycles. The molecule has 2 amide bonds. The molecule has 1 heterocycles. The van der Waals surface area contributed by atoms with Crippen LogP contribution in [0.2, 0.25) is 0 Å². The van der Waals surface area contributed by atoms with Gasteiger partial charge in [0, 0.05) is 12.1 Å². The minimum absolute atomic E-state index is 0.109. The summed E-state index contributed by atoms with van der Waals surface area (Å²) in [4.78, 5) is 24.6. The molecule has 0 radical (unpaired) electrons. The number of hydrogen-bond acceptors (Lipinski definition) is 6. The lowest BCUT2D eigenvalue weighted by Crippen LogP contribution is -2.24. The van der Waals surface area contributed by atoms with E-state index >= 15 is 0 Å².